The van der Waals surface area contributed by atoms with Gasteiger partial charge in [0.1, 0.15) is 0 Å². The first kappa shape index (κ1) is 33.2. The van der Waals surface area contributed by atoms with E-state index >= 15 is 0 Å². The Labute approximate surface area is 249 Å². The van der Waals surface area contributed by atoms with Crippen LogP contribution in [0.25, 0.3) is 22.3 Å². The highest BCUT2D eigenvalue weighted by atomic mass is 35.5. The first-order valence-corrected chi connectivity index (χ1v) is 12.6. The molecule has 0 spiro atoms. The van der Waals surface area contributed by atoms with E-state index < -0.39 is 96.2 Å². The summed E-state index contributed by atoms with van der Waals surface area (Å²) in [5.41, 5.74) is -13.0. The largest absolute Gasteiger partial charge is 0.417 e. The minimum Gasteiger partial charge on any atom is -0.289 e. The predicted molar refractivity (Wildman–Crippen MR) is 137 cm³/mol. The van der Waals surface area contributed by atoms with Gasteiger partial charge in [0.2, 0.25) is 0 Å². The number of ketones is 1. The van der Waals surface area contributed by atoms with Gasteiger partial charge in [0.15, 0.2) is 5.78 Å². The van der Waals surface area contributed by atoms with Crippen LogP contribution in [0.15, 0.2) is 72.8 Å². The maximum absolute atomic E-state index is 14.5. The molecule has 0 aliphatic rings. The van der Waals surface area contributed by atoms with Crippen LogP contribution in [0.4, 0.5) is 52.7 Å². The molecule has 4 aromatic carbocycles. The SMILES string of the molecule is O=C(c1cccc(-c2cc(C(F)(F)F)ccc2Cl)c1C(F)(F)F)c1cccc(-c2cc(C(F)(F)F)ccc2Cl)c1C(F)(F)F. The molecule has 0 radical (unpaired) electrons. The van der Waals surface area contributed by atoms with Crippen molar-refractivity contribution in [3.05, 3.63) is 116 Å². The van der Waals surface area contributed by atoms with Crippen LogP contribution in [-0.2, 0) is 24.7 Å². The first-order valence-electron chi connectivity index (χ1n) is 11.8. The number of alkyl halides is 12. The lowest BCUT2D eigenvalue weighted by atomic mass is 9.86. The zero-order valence-corrected chi connectivity index (χ0v) is 22.6. The second kappa shape index (κ2) is 11.3. The van der Waals surface area contributed by atoms with Crippen molar-refractivity contribution in [2.24, 2.45) is 0 Å². The molecule has 0 unspecified atom stereocenters. The number of carbonyl (C=O) groups is 1. The monoisotopic (exact) mass is 674 g/mol. The van der Waals surface area contributed by atoms with Gasteiger partial charge in [-0.25, -0.2) is 0 Å². The molecule has 0 N–H and O–H groups in total. The summed E-state index contributed by atoms with van der Waals surface area (Å²) in [7, 11) is 0. The lowest BCUT2D eigenvalue weighted by molar-refractivity contribution is -0.138. The molecule has 4 rings (SSSR count). The standard InChI is InChI=1S/C29H12Cl2F12O/c30-21-9-7-13(26(32,33)34)11-19(21)15-3-1-5-17(23(15)28(38,39)40)25(44)18-6-2-4-16(24(18)29(41,42)43)20-12-14(27(35,36)37)8-10-22(20)31/h1-12H. The van der Waals surface area contributed by atoms with Crippen molar-refractivity contribution in [1.82, 2.24) is 0 Å². The van der Waals surface area contributed by atoms with Crippen molar-refractivity contribution in [2.75, 3.05) is 0 Å². The van der Waals surface area contributed by atoms with Crippen LogP contribution >= 0.6 is 23.2 Å². The van der Waals surface area contributed by atoms with Crippen LogP contribution < -0.4 is 0 Å². The van der Waals surface area contributed by atoms with E-state index in [9.17, 15) is 57.5 Å². The molecule has 0 aliphatic heterocycles. The second-order valence-electron chi connectivity index (χ2n) is 9.17. The third-order valence-electron chi connectivity index (χ3n) is 6.35. The molecule has 0 saturated heterocycles. The molecule has 0 aliphatic carbocycles. The molecule has 232 valence electrons. The van der Waals surface area contributed by atoms with Gasteiger partial charge in [0, 0.05) is 32.3 Å². The van der Waals surface area contributed by atoms with E-state index in [0.29, 0.717) is 60.7 Å². The van der Waals surface area contributed by atoms with E-state index in [2.05, 4.69) is 0 Å². The van der Waals surface area contributed by atoms with Gasteiger partial charge in [0.25, 0.3) is 0 Å². The first-order chi connectivity index (χ1) is 20.1. The van der Waals surface area contributed by atoms with Crippen LogP contribution in [0.2, 0.25) is 10.0 Å². The van der Waals surface area contributed by atoms with E-state index in [4.69, 9.17) is 23.2 Å². The fourth-order valence-corrected chi connectivity index (χ4v) is 4.94. The van der Waals surface area contributed by atoms with E-state index in [-0.39, 0.29) is 0 Å². The van der Waals surface area contributed by atoms with Gasteiger partial charge in [0.05, 0.1) is 22.3 Å². The number of hydrogen-bond acceptors (Lipinski definition) is 1. The van der Waals surface area contributed by atoms with Crippen LogP contribution in [-0.4, -0.2) is 5.78 Å². The Hall–Kier alpha value is -3.71. The van der Waals surface area contributed by atoms with Crippen LogP contribution in [0.5, 0.6) is 0 Å². The van der Waals surface area contributed by atoms with Crippen molar-refractivity contribution >= 4 is 29.0 Å². The smallest absolute Gasteiger partial charge is 0.289 e. The van der Waals surface area contributed by atoms with Crippen LogP contribution in [0.1, 0.15) is 38.2 Å². The van der Waals surface area contributed by atoms with Crippen molar-refractivity contribution in [3.8, 4) is 22.3 Å². The molecule has 0 heterocycles. The van der Waals surface area contributed by atoms with Crippen molar-refractivity contribution < 1.29 is 57.5 Å². The highest BCUT2D eigenvalue weighted by Crippen LogP contribution is 2.47. The number of halogens is 14. The lowest BCUT2D eigenvalue weighted by Gasteiger charge is -2.21. The molecule has 0 aromatic heterocycles. The van der Waals surface area contributed by atoms with Crippen LogP contribution in [0, 0.1) is 0 Å². The Morgan fingerprint density at radius 2 is 0.795 bits per heavy atom. The summed E-state index contributed by atoms with van der Waals surface area (Å²) >= 11 is 11.8. The number of rotatable bonds is 4. The summed E-state index contributed by atoms with van der Waals surface area (Å²) in [6.07, 6.45) is -21.1. The van der Waals surface area contributed by atoms with Gasteiger partial charge in [-0.05, 0) is 47.5 Å². The quantitative estimate of drug-likeness (QED) is 0.155. The van der Waals surface area contributed by atoms with E-state index in [0.717, 1.165) is 12.1 Å². The Morgan fingerprint density at radius 1 is 0.455 bits per heavy atom. The molecule has 0 atom stereocenters. The number of carbonyl (C=O) groups excluding carboxylic acids is 1. The van der Waals surface area contributed by atoms with Crippen molar-refractivity contribution in [3.63, 3.8) is 0 Å². The molecular weight excluding hydrogens is 663 g/mol. The third-order valence-corrected chi connectivity index (χ3v) is 7.01. The lowest BCUT2D eigenvalue weighted by Crippen LogP contribution is -2.20. The summed E-state index contributed by atoms with van der Waals surface area (Å²) in [5.74, 6) is -1.88. The zero-order valence-electron chi connectivity index (χ0n) is 21.1. The molecule has 0 fully saturated rings. The minimum absolute atomic E-state index is 0.290. The minimum atomic E-state index is -5.51. The highest BCUT2D eigenvalue weighted by Gasteiger charge is 2.43. The van der Waals surface area contributed by atoms with E-state index in [1.807, 2.05) is 0 Å². The fraction of sp³-hybridized carbons (Fsp3) is 0.138. The number of benzene rings is 4. The highest BCUT2D eigenvalue weighted by molar-refractivity contribution is 6.34. The predicted octanol–water partition coefficient (Wildman–Crippen LogP) is 11.6. The Balaban J connectivity index is 2.03. The molecule has 44 heavy (non-hydrogen) atoms. The molecule has 4 aromatic rings. The molecule has 0 saturated carbocycles. The fourth-order valence-electron chi connectivity index (χ4n) is 4.50. The summed E-state index contributed by atoms with van der Waals surface area (Å²) in [5, 5.41) is -1.18. The Bertz CT molecular complexity index is 1620. The zero-order chi connectivity index (χ0) is 33.0. The average Bonchev–Trinajstić information content (AvgIpc) is 2.90. The van der Waals surface area contributed by atoms with Crippen molar-refractivity contribution in [2.45, 2.75) is 24.7 Å². The van der Waals surface area contributed by atoms with Gasteiger partial charge >= 0.3 is 24.7 Å². The normalized spacial score (nSPS) is 12.9. The molecule has 0 bridgehead atoms. The van der Waals surface area contributed by atoms with Gasteiger partial charge in [-0.3, -0.25) is 4.79 Å². The Morgan fingerprint density at radius 3 is 1.09 bits per heavy atom. The third kappa shape index (κ3) is 6.53. The second-order valence-corrected chi connectivity index (χ2v) is 9.98. The Kier molecular flexibility index (Phi) is 8.55. The summed E-state index contributed by atoms with van der Waals surface area (Å²) < 4.78 is 167. The van der Waals surface area contributed by atoms with E-state index in [1.165, 1.54) is 0 Å². The average molecular weight is 675 g/mol. The molecular formula is C29H12Cl2F12O. The summed E-state index contributed by atoms with van der Waals surface area (Å²) in [6.45, 7) is 0. The van der Waals surface area contributed by atoms with Gasteiger partial charge < -0.3 is 0 Å². The van der Waals surface area contributed by atoms with Gasteiger partial charge in [-0.15, -0.1) is 0 Å². The molecule has 0 amide bonds. The van der Waals surface area contributed by atoms with Gasteiger partial charge in [-0.1, -0.05) is 59.6 Å². The maximum Gasteiger partial charge on any atom is 0.417 e. The van der Waals surface area contributed by atoms with Crippen LogP contribution in [0.3, 0.4) is 0 Å². The van der Waals surface area contributed by atoms with E-state index in [1.54, 1.807) is 0 Å². The summed E-state index contributed by atoms with van der Waals surface area (Å²) in [6, 6.07) is 6.90. The molecule has 1 nitrogen and oxygen atoms in total. The van der Waals surface area contributed by atoms with Gasteiger partial charge in [-0.2, -0.15) is 52.7 Å². The topological polar surface area (TPSA) is 17.1 Å². The maximum atomic E-state index is 14.5. The number of hydrogen-bond donors (Lipinski definition) is 0. The van der Waals surface area contributed by atoms with Crippen molar-refractivity contribution in [1.29, 1.82) is 0 Å². The summed E-state index contributed by atoms with van der Waals surface area (Å²) in [4.78, 5) is 13.5. The molecule has 15 heteroatoms.